The van der Waals surface area contributed by atoms with E-state index in [1.54, 1.807) is 6.20 Å². The maximum Gasteiger partial charge on any atom is 0.269 e. The number of fused-ring (bicyclic) bond motifs is 7. The Morgan fingerprint density at radius 2 is 1.27 bits per heavy atom. The first-order valence-electron chi connectivity index (χ1n) is 22.6. The number of furan rings is 1. The molecule has 336 valence electrons. The first-order valence-corrected chi connectivity index (χ1v) is 22.6. The van der Waals surface area contributed by atoms with Gasteiger partial charge in [0, 0.05) is 54.9 Å². The van der Waals surface area contributed by atoms with Gasteiger partial charge in [-0.3, -0.25) is 14.1 Å². The second-order valence-corrected chi connectivity index (χ2v) is 20.5. The summed E-state index contributed by atoms with van der Waals surface area (Å²) in [7, 11) is 0. The molecule has 0 unspecified atom stereocenters. The van der Waals surface area contributed by atoms with E-state index in [1.807, 2.05) is 41.1 Å². The van der Waals surface area contributed by atoms with Crippen molar-refractivity contribution < 1.29 is 34.8 Å². The van der Waals surface area contributed by atoms with Gasteiger partial charge in [-0.05, 0) is 86.0 Å². The van der Waals surface area contributed by atoms with Gasteiger partial charge >= 0.3 is 0 Å². The van der Waals surface area contributed by atoms with Crippen LogP contribution >= 0.6 is 0 Å². The van der Waals surface area contributed by atoms with E-state index >= 15 is 0 Å². The Kier molecular flexibility index (Phi) is 10.7. The number of para-hydroxylation sites is 4. The quantitative estimate of drug-likeness (QED) is 0.123. The molecule has 0 bridgehead atoms. The molecule has 5 heterocycles. The number of rotatable bonds is 6. The molecule has 0 spiro atoms. The molecule has 0 atom stereocenters. The minimum atomic E-state index is -0.0741. The summed E-state index contributed by atoms with van der Waals surface area (Å²) < 4.78 is 19.4. The minimum absolute atomic E-state index is 0. The van der Waals surface area contributed by atoms with Crippen LogP contribution in [0.2, 0.25) is 0 Å². The fourth-order valence-corrected chi connectivity index (χ4v) is 9.04. The summed E-state index contributed by atoms with van der Waals surface area (Å²) in [5.74, 6) is 2.43. The Morgan fingerprint density at radius 3 is 2.04 bits per heavy atom. The van der Waals surface area contributed by atoms with E-state index in [0.717, 1.165) is 77.4 Å². The molecule has 0 fully saturated rings. The van der Waals surface area contributed by atoms with Gasteiger partial charge in [-0.25, -0.2) is 4.98 Å². The fourth-order valence-electron chi connectivity index (χ4n) is 9.04. The molecule has 8 heteroatoms. The van der Waals surface area contributed by atoms with E-state index < -0.39 is 0 Å². The summed E-state index contributed by atoms with van der Waals surface area (Å²) in [4.78, 5) is 9.75. The molecule has 0 radical (unpaired) electrons. The summed E-state index contributed by atoms with van der Waals surface area (Å²) in [6.45, 7) is 20.2. The standard InChI is InChI=1S/C59H51N5O2.Pt/c1-57(2,3)38-25-27-61-55(33-38)64-49-24-21-37(44-16-14-17-47-46-15-10-13-20-53(46)66-56(44)47)29-48(49)45-23-22-42(34-52(45)64)65-43-26-28-60-54(35-43)63-36-62(50-18-11-12-19-51(50)63)41-31-39(58(4,5)6)30-40(32-41)59(7,8)9;/h10-33H,1-9H3;/q-2;. The second kappa shape index (κ2) is 16.2. The molecule has 7 nitrogen and oxygen atoms in total. The topological polar surface area (TPSA) is 61.9 Å². The van der Waals surface area contributed by atoms with Crippen molar-refractivity contribution in [1.82, 2.24) is 19.1 Å². The van der Waals surface area contributed by atoms with Gasteiger partial charge in [0.2, 0.25) is 0 Å². The van der Waals surface area contributed by atoms with Crippen molar-refractivity contribution in [1.29, 1.82) is 0 Å². The van der Waals surface area contributed by atoms with E-state index in [1.165, 1.54) is 16.7 Å². The monoisotopic (exact) mass is 1060 g/mol. The van der Waals surface area contributed by atoms with Crippen molar-refractivity contribution in [2.24, 2.45) is 0 Å². The van der Waals surface area contributed by atoms with Crippen molar-refractivity contribution in [3.05, 3.63) is 181 Å². The molecule has 0 N–H and O–H groups in total. The Bertz CT molecular complexity index is 3670. The molecule has 0 aliphatic rings. The van der Waals surface area contributed by atoms with E-state index in [4.69, 9.17) is 19.1 Å². The van der Waals surface area contributed by atoms with E-state index in [9.17, 15) is 0 Å². The van der Waals surface area contributed by atoms with Crippen LogP contribution in [0.25, 0.3) is 83.2 Å². The van der Waals surface area contributed by atoms with Crippen LogP contribution in [0.5, 0.6) is 11.5 Å². The second-order valence-electron chi connectivity index (χ2n) is 20.5. The molecular formula is C59H51N5O2Pt-2. The van der Waals surface area contributed by atoms with Crippen LogP contribution in [0.15, 0.2) is 150 Å². The number of aromatic nitrogens is 5. The average molecular weight is 1060 g/mol. The van der Waals surface area contributed by atoms with Crippen LogP contribution in [0, 0.1) is 18.5 Å². The van der Waals surface area contributed by atoms with Gasteiger partial charge < -0.3 is 13.7 Å². The number of imidazole rings is 1. The van der Waals surface area contributed by atoms with E-state index in [-0.39, 0.29) is 37.3 Å². The van der Waals surface area contributed by atoms with Gasteiger partial charge in [0.15, 0.2) is 0 Å². The number of pyridine rings is 2. The molecule has 5 aromatic heterocycles. The summed E-state index contributed by atoms with van der Waals surface area (Å²) >= 11 is 0. The normalized spacial score (nSPS) is 12.4. The molecule has 0 aliphatic heterocycles. The van der Waals surface area contributed by atoms with Crippen LogP contribution in [0.3, 0.4) is 0 Å². The predicted molar refractivity (Wildman–Crippen MR) is 267 cm³/mol. The summed E-state index contributed by atoms with van der Waals surface area (Å²) in [6, 6.07) is 53.8. The number of ether oxygens (including phenoxy) is 1. The van der Waals surface area contributed by atoms with Gasteiger partial charge in [-0.1, -0.05) is 153 Å². The zero-order valence-corrected chi connectivity index (χ0v) is 41.5. The summed E-state index contributed by atoms with van der Waals surface area (Å²) in [6.07, 6.45) is 7.30. The molecule has 6 aromatic carbocycles. The van der Waals surface area contributed by atoms with Crippen LogP contribution in [-0.2, 0) is 37.3 Å². The van der Waals surface area contributed by atoms with Crippen LogP contribution in [0.4, 0.5) is 0 Å². The zero-order chi connectivity index (χ0) is 45.7. The SMILES string of the molecule is CC(C)(C)c1cc(-[n+]2[c-]n(-c3[c-]c(Oc4[c-]c5c(cc4)c4cc(-c6cccc7c6oc6ccccc67)ccc4n5-c4cc(C(C)(C)C)ccn4)ccn3)c3ccccc32)cc(C(C)(C)C)c1.[Pt]. The molecule has 0 amide bonds. The van der Waals surface area contributed by atoms with Crippen LogP contribution in [-0.4, -0.2) is 19.1 Å². The smallest absolute Gasteiger partial charge is 0.269 e. The van der Waals surface area contributed by atoms with E-state index in [2.05, 4.69) is 193 Å². The van der Waals surface area contributed by atoms with Crippen molar-refractivity contribution in [3.8, 4) is 39.9 Å². The fraction of sp³-hybridized carbons (Fsp3) is 0.203. The summed E-state index contributed by atoms with van der Waals surface area (Å²) in [5.41, 5.74) is 12.3. The third-order valence-electron chi connectivity index (χ3n) is 12.8. The van der Waals surface area contributed by atoms with E-state index in [0.29, 0.717) is 17.3 Å². The number of hydrogen-bond acceptors (Lipinski definition) is 4. The Morgan fingerprint density at radius 1 is 0.567 bits per heavy atom. The Hall–Kier alpha value is -6.82. The average Bonchev–Trinajstić information content (AvgIpc) is 3.98. The third kappa shape index (κ3) is 7.83. The zero-order valence-electron chi connectivity index (χ0n) is 39.2. The Balaban J connectivity index is 0.00000525. The molecular weight excluding hydrogens is 1010 g/mol. The van der Waals surface area contributed by atoms with Gasteiger partial charge in [-0.2, -0.15) is 18.2 Å². The Labute approximate surface area is 406 Å². The third-order valence-corrected chi connectivity index (χ3v) is 12.8. The van der Waals surface area contributed by atoms with Crippen molar-refractivity contribution in [2.45, 2.75) is 78.6 Å². The number of nitrogens with zero attached hydrogens (tertiary/aromatic N) is 5. The first kappa shape index (κ1) is 44.0. The van der Waals surface area contributed by atoms with Gasteiger partial charge in [-0.15, -0.1) is 17.5 Å². The van der Waals surface area contributed by atoms with Crippen molar-refractivity contribution >= 4 is 54.8 Å². The summed E-state index contributed by atoms with van der Waals surface area (Å²) in [5, 5.41) is 4.31. The van der Waals surface area contributed by atoms with Crippen molar-refractivity contribution in [3.63, 3.8) is 0 Å². The maximum absolute atomic E-state index is 6.66. The molecule has 0 aliphatic carbocycles. The van der Waals surface area contributed by atoms with Gasteiger partial charge in [0.1, 0.15) is 17.0 Å². The molecule has 0 saturated carbocycles. The molecule has 67 heavy (non-hydrogen) atoms. The minimum Gasteiger partial charge on any atom is -0.522 e. The van der Waals surface area contributed by atoms with Gasteiger partial charge in [0.25, 0.3) is 6.33 Å². The number of hydrogen-bond donors (Lipinski definition) is 0. The van der Waals surface area contributed by atoms with Crippen molar-refractivity contribution in [2.75, 3.05) is 0 Å². The number of benzene rings is 6. The molecule has 0 saturated heterocycles. The molecule has 11 rings (SSSR count). The maximum atomic E-state index is 6.66. The van der Waals surface area contributed by atoms with Crippen LogP contribution in [0.1, 0.15) is 79.0 Å². The largest absolute Gasteiger partial charge is 0.522 e. The predicted octanol–water partition coefficient (Wildman–Crippen LogP) is 14.4. The first-order chi connectivity index (χ1) is 31.6. The van der Waals surface area contributed by atoms with Crippen LogP contribution < -0.4 is 9.30 Å². The molecule has 11 aromatic rings. The van der Waals surface area contributed by atoms with Gasteiger partial charge in [0.05, 0.1) is 22.5 Å².